The highest BCUT2D eigenvalue weighted by Crippen LogP contribution is 2.20. The molecule has 3 nitrogen and oxygen atoms in total. The highest BCUT2D eigenvalue weighted by Gasteiger charge is 2.26. The average molecular weight is 263 g/mol. The Morgan fingerprint density at radius 2 is 1.85 bits per heavy atom. The maximum Gasteiger partial charge on any atom is 0.368 e. The zero-order valence-electron chi connectivity index (χ0n) is 11.0. The zero-order valence-corrected chi connectivity index (χ0v) is 11.0. The van der Waals surface area contributed by atoms with Crippen LogP contribution in [-0.4, -0.2) is 11.7 Å². The summed E-state index contributed by atoms with van der Waals surface area (Å²) in [4.78, 5) is 16.7. The highest BCUT2D eigenvalue weighted by atomic mass is 16.7. The highest BCUT2D eigenvalue weighted by molar-refractivity contribution is 6.31. The molecular formula is C17H13NO2. The van der Waals surface area contributed by atoms with Crippen LogP contribution >= 0.6 is 0 Å². The number of hydrogen-bond donors (Lipinski definition) is 0. The number of carbonyl (C=O) groups is 1. The molecule has 0 spiro atoms. The van der Waals surface area contributed by atoms with E-state index >= 15 is 0 Å². The fraction of sp³-hybridized carbons (Fsp3) is 0.0588. The molecular weight excluding hydrogens is 250 g/mol. The standard InChI is InChI=1S/C17H13NO2/c1-12-6-5-7-13(10-12)11-15-16(18-20-17(15)19)14-8-3-2-4-9-14/h2-11H,1H3/b15-11-. The lowest BCUT2D eigenvalue weighted by molar-refractivity contribution is -0.136. The summed E-state index contributed by atoms with van der Waals surface area (Å²) in [6, 6.07) is 17.5. The van der Waals surface area contributed by atoms with Crippen molar-refractivity contribution in [2.24, 2.45) is 5.16 Å². The minimum absolute atomic E-state index is 0.412. The van der Waals surface area contributed by atoms with E-state index in [0.717, 1.165) is 16.7 Å². The van der Waals surface area contributed by atoms with Gasteiger partial charge in [-0.3, -0.25) is 0 Å². The van der Waals surface area contributed by atoms with E-state index in [-0.39, 0.29) is 0 Å². The van der Waals surface area contributed by atoms with Crippen LogP contribution in [0.5, 0.6) is 0 Å². The number of aryl methyl sites for hydroxylation is 1. The van der Waals surface area contributed by atoms with E-state index in [0.29, 0.717) is 11.3 Å². The molecule has 3 rings (SSSR count). The molecule has 20 heavy (non-hydrogen) atoms. The molecule has 0 amide bonds. The first kappa shape index (κ1) is 12.4. The molecule has 3 heteroatoms. The number of benzene rings is 2. The van der Waals surface area contributed by atoms with Crippen LogP contribution in [0.2, 0.25) is 0 Å². The zero-order chi connectivity index (χ0) is 13.9. The van der Waals surface area contributed by atoms with E-state index in [9.17, 15) is 4.79 Å². The predicted molar refractivity (Wildman–Crippen MR) is 78.2 cm³/mol. The normalized spacial score (nSPS) is 16.1. The quantitative estimate of drug-likeness (QED) is 0.615. The molecule has 0 radical (unpaired) electrons. The van der Waals surface area contributed by atoms with Crippen molar-refractivity contribution < 1.29 is 9.63 Å². The summed E-state index contributed by atoms with van der Waals surface area (Å²) in [6.07, 6.45) is 1.81. The van der Waals surface area contributed by atoms with Gasteiger partial charge in [-0.25, -0.2) is 4.79 Å². The van der Waals surface area contributed by atoms with Gasteiger partial charge in [0.1, 0.15) is 5.71 Å². The lowest BCUT2D eigenvalue weighted by Gasteiger charge is -2.01. The van der Waals surface area contributed by atoms with Gasteiger partial charge in [0.15, 0.2) is 0 Å². The van der Waals surface area contributed by atoms with Gasteiger partial charge in [0, 0.05) is 5.56 Å². The van der Waals surface area contributed by atoms with Crippen molar-refractivity contribution in [3.05, 3.63) is 76.9 Å². The first-order valence-corrected chi connectivity index (χ1v) is 6.37. The van der Waals surface area contributed by atoms with Crippen LogP contribution in [0.15, 0.2) is 65.3 Å². The van der Waals surface area contributed by atoms with E-state index < -0.39 is 5.97 Å². The molecule has 0 unspecified atom stereocenters. The predicted octanol–water partition coefficient (Wildman–Crippen LogP) is 3.34. The van der Waals surface area contributed by atoms with E-state index in [4.69, 9.17) is 4.84 Å². The van der Waals surface area contributed by atoms with Gasteiger partial charge in [-0.1, -0.05) is 65.3 Å². The van der Waals surface area contributed by atoms with Gasteiger partial charge < -0.3 is 4.84 Å². The Morgan fingerprint density at radius 1 is 1.05 bits per heavy atom. The molecule has 98 valence electrons. The van der Waals surface area contributed by atoms with Crippen molar-refractivity contribution >= 4 is 17.8 Å². The van der Waals surface area contributed by atoms with Crippen molar-refractivity contribution in [1.82, 2.24) is 0 Å². The molecule has 2 aromatic carbocycles. The molecule has 0 saturated heterocycles. The number of rotatable bonds is 2. The number of oxime groups is 1. The Kier molecular flexibility index (Phi) is 3.17. The Morgan fingerprint density at radius 3 is 2.60 bits per heavy atom. The summed E-state index contributed by atoms with van der Waals surface area (Å²) in [7, 11) is 0. The van der Waals surface area contributed by atoms with Gasteiger partial charge >= 0.3 is 5.97 Å². The van der Waals surface area contributed by atoms with Gasteiger partial charge in [0.05, 0.1) is 5.57 Å². The van der Waals surface area contributed by atoms with Gasteiger partial charge in [0.2, 0.25) is 0 Å². The second kappa shape index (κ2) is 5.13. The molecule has 0 aliphatic carbocycles. The third-order valence-electron chi connectivity index (χ3n) is 3.10. The van der Waals surface area contributed by atoms with Gasteiger partial charge in [-0.15, -0.1) is 0 Å². The fourth-order valence-electron chi connectivity index (χ4n) is 2.14. The van der Waals surface area contributed by atoms with Gasteiger partial charge in [-0.05, 0) is 18.6 Å². The Hall–Kier alpha value is -2.68. The lowest BCUT2D eigenvalue weighted by atomic mass is 10.0. The van der Waals surface area contributed by atoms with Crippen LogP contribution in [0, 0.1) is 6.92 Å². The minimum Gasteiger partial charge on any atom is -0.312 e. The van der Waals surface area contributed by atoms with E-state index in [1.165, 1.54) is 0 Å². The first-order valence-electron chi connectivity index (χ1n) is 6.37. The van der Waals surface area contributed by atoms with Crippen LogP contribution in [0.1, 0.15) is 16.7 Å². The molecule has 0 fully saturated rings. The van der Waals surface area contributed by atoms with Crippen molar-refractivity contribution in [3.8, 4) is 0 Å². The molecule has 2 aromatic rings. The summed E-state index contributed by atoms with van der Waals surface area (Å²) in [5.74, 6) is -0.412. The molecule has 0 bridgehead atoms. The first-order chi connectivity index (χ1) is 9.74. The van der Waals surface area contributed by atoms with Gasteiger partial charge in [0.25, 0.3) is 0 Å². The summed E-state index contributed by atoms with van der Waals surface area (Å²) in [6.45, 7) is 2.02. The maximum absolute atomic E-state index is 11.8. The van der Waals surface area contributed by atoms with Crippen LogP contribution < -0.4 is 0 Å². The summed E-state index contributed by atoms with van der Waals surface area (Å²) >= 11 is 0. The second-order valence-corrected chi connectivity index (χ2v) is 4.66. The van der Waals surface area contributed by atoms with E-state index in [1.54, 1.807) is 0 Å². The lowest BCUT2D eigenvalue weighted by Crippen LogP contribution is -2.06. The van der Waals surface area contributed by atoms with Crippen LogP contribution in [0.3, 0.4) is 0 Å². The summed E-state index contributed by atoms with van der Waals surface area (Å²) in [5, 5.41) is 3.89. The van der Waals surface area contributed by atoms with Crippen LogP contribution in [0.4, 0.5) is 0 Å². The van der Waals surface area contributed by atoms with Crippen LogP contribution in [0.25, 0.3) is 6.08 Å². The largest absolute Gasteiger partial charge is 0.368 e. The summed E-state index contributed by atoms with van der Waals surface area (Å²) in [5.41, 5.74) is 4.04. The molecule has 0 atom stereocenters. The summed E-state index contributed by atoms with van der Waals surface area (Å²) < 4.78 is 0. The molecule has 0 aromatic heterocycles. The number of carbonyl (C=O) groups excluding carboxylic acids is 1. The van der Waals surface area contributed by atoms with Crippen molar-refractivity contribution in [1.29, 1.82) is 0 Å². The average Bonchev–Trinajstić information content (AvgIpc) is 2.81. The minimum atomic E-state index is -0.412. The second-order valence-electron chi connectivity index (χ2n) is 4.66. The molecule has 1 aliphatic heterocycles. The Labute approximate surface area is 117 Å². The van der Waals surface area contributed by atoms with Crippen LogP contribution in [-0.2, 0) is 9.63 Å². The molecule has 0 saturated carbocycles. The fourth-order valence-corrected chi connectivity index (χ4v) is 2.14. The van der Waals surface area contributed by atoms with Crippen molar-refractivity contribution in [2.75, 3.05) is 0 Å². The van der Waals surface area contributed by atoms with E-state index in [1.807, 2.05) is 67.6 Å². The Balaban J connectivity index is 2.03. The number of nitrogens with zero attached hydrogens (tertiary/aromatic N) is 1. The molecule has 1 heterocycles. The Bertz CT molecular complexity index is 715. The maximum atomic E-state index is 11.8. The van der Waals surface area contributed by atoms with Gasteiger partial charge in [-0.2, -0.15) is 0 Å². The topological polar surface area (TPSA) is 38.7 Å². The SMILES string of the molecule is Cc1cccc(/C=C2\C(=O)ON=C2c2ccccc2)c1. The monoisotopic (exact) mass is 263 g/mol. The smallest absolute Gasteiger partial charge is 0.312 e. The molecule has 1 aliphatic rings. The van der Waals surface area contributed by atoms with Crippen molar-refractivity contribution in [3.63, 3.8) is 0 Å². The number of hydrogen-bond acceptors (Lipinski definition) is 3. The molecule has 0 N–H and O–H groups in total. The third kappa shape index (κ3) is 2.38. The van der Waals surface area contributed by atoms with E-state index in [2.05, 4.69) is 5.16 Å². The third-order valence-corrected chi connectivity index (χ3v) is 3.10. The van der Waals surface area contributed by atoms with Crippen molar-refractivity contribution in [2.45, 2.75) is 6.92 Å².